The molecule has 5 nitrogen and oxygen atoms in total. The Balaban J connectivity index is 1.30. The van der Waals surface area contributed by atoms with Crippen molar-refractivity contribution in [3.8, 4) is 0 Å². The third-order valence-electron chi connectivity index (χ3n) is 6.92. The molecule has 0 unspecified atom stereocenters. The number of benzene rings is 2. The minimum absolute atomic E-state index is 0.107. The molecule has 2 amide bonds. The predicted molar refractivity (Wildman–Crippen MR) is 143 cm³/mol. The summed E-state index contributed by atoms with van der Waals surface area (Å²) in [5, 5.41) is 3.34. The highest BCUT2D eigenvalue weighted by molar-refractivity contribution is 7.18. The summed E-state index contributed by atoms with van der Waals surface area (Å²) in [7, 11) is 4.23. The molecular formula is C27H27Cl2N3O2S. The van der Waals surface area contributed by atoms with Gasteiger partial charge in [0, 0.05) is 18.1 Å². The molecule has 5 rings (SSSR count). The van der Waals surface area contributed by atoms with Gasteiger partial charge < -0.3 is 15.1 Å². The number of hydrogen-bond donors (Lipinski definition) is 1. The molecule has 0 saturated heterocycles. The van der Waals surface area contributed by atoms with E-state index in [2.05, 4.69) is 48.6 Å². The number of amides is 2. The Morgan fingerprint density at radius 2 is 1.86 bits per heavy atom. The molecule has 1 aliphatic heterocycles. The molecule has 2 aromatic carbocycles. The van der Waals surface area contributed by atoms with Gasteiger partial charge in [-0.2, -0.15) is 0 Å². The first kappa shape index (κ1) is 24.3. The maximum absolute atomic E-state index is 13.3. The molecule has 0 atom stereocenters. The highest BCUT2D eigenvalue weighted by Crippen LogP contribution is 2.51. The average molecular weight is 529 g/mol. The van der Waals surface area contributed by atoms with Crippen LogP contribution in [0.15, 0.2) is 48.5 Å². The number of nitrogens with zero attached hydrogens (tertiary/aromatic N) is 2. The fourth-order valence-electron chi connectivity index (χ4n) is 4.78. The van der Waals surface area contributed by atoms with Gasteiger partial charge in [0.15, 0.2) is 0 Å². The van der Waals surface area contributed by atoms with E-state index in [0.29, 0.717) is 44.0 Å². The second-order valence-electron chi connectivity index (χ2n) is 9.74. The number of halogens is 2. The van der Waals surface area contributed by atoms with Crippen molar-refractivity contribution in [1.82, 2.24) is 9.80 Å². The van der Waals surface area contributed by atoms with Crippen molar-refractivity contribution in [3.05, 3.63) is 85.0 Å². The first-order chi connectivity index (χ1) is 16.7. The van der Waals surface area contributed by atoms with Gasteiger partial charge in [0.2, 0.25) is 0 Å². The lowest BCUT2D eigenvalue weighted by molar-refractivity contribution is 0.0767. The number of hydrogen-bond acceptors (Lipinski definition) is 4. The second kappa shape index (κ2) is 9.58. The first-order valence-electron chi connectivity index (χ1n) is 11.7. The molecule has 0 spiro atoms. The maximum atomic E-state index is 13.3. The van der Waals surface area contributed by atoms with Crippen LogP contribution in [-0.4, -0.2) is 42.3 Å². The Morgan fingerprint density at radius 1 is 1.11 bits per heavy atom. The third-order valence-corrected chi connectivity index (χ3v) is 8.37. The maximum Gasteiger partial charge on any atom is 0.265 e. The van der Waals surface area contributed by atoms with Crippen LogP contribution in [0.5, 0.6) is 0 Å². The van der Waals surface area contributed by atoms with Crippen LogP contribution in [0.3, 0.4) is 0 Å². The SMILES string of the molecule is CN(C)CCC1(c2ccc(CN3Cc4cc(Cl)cc(NC(=O)c5ccc(Cl)s5)c4C3=O)cc2)CC1. The standard InChI is InChI=1S/C27H27Cl2N3O2S/c1-31(2)12-11-27(9-10-27)19-5-3-17(4-6-19)15-32-16-18-13-20(28)14-21(24(18)26(32)34)30-25(33)22-7-8-23(29)35-22/h3-8,13-14H,9-12,15-16H2,1-2H3,(H,30,33). The lowest BCUT2D eigenvalue weighted by atomic mass is 9.91. The van der Waals surface area contributed by atoms with Gasteiger partial charge in [0.25, 0.3) is 11.8 Å². The van der Waals surface area contributed by atoms with Crippen LogP contribution in [0.25, 0.3) is 0 Å². The van der Waals surface area contributed by atoms with Gasteiger partial charge >= 0.3 is 0 Å². The van der Waals surface area contributed by atoms with Crippen LogP contribution < -0.4 is 5.32 Å². The summed E-state index contributed by atoms with van der Waals surface area (Å²) in [5.41, 5.74) is 4.55. The number of fused-ring (bicyclic) bond motifs is 1. The van der Waals surface area contributed by atoms with E-state index in [1.54, 1.807) is 29.2 Å². The van der Waals surface area contributed by atoms with E-state index in [4.69, 9.17) is 23.2 Å². The summed E-state index contributed by atoms with van der Waals surface area (Å²) in [5.74, 6) is -0.415. The average Bonchev–Trinajstić information content (AvgIpc) is 3.38. The van der Waals surface area contributed by atoms with E-state index < -0.39 is 0 Å². The normalized spacial score (nSPS) is 16.0. The molecule has 0 bridgehead atoms. The molecule has 1 saturated carbocycles. The molecule has 8 heteroatoms. The molecule has 35 heavy (non-hydrogen) atoms. The number of anilines is 1. The number of carbonyl (C=O) groups excluding carboxylic acids is 2. The molecule has 1 N–H and O–H groups in total. The number of nitrogens with one attached hydrogen (secondary N) is 1. The largest absolute Gasteiger partial charge is 0.330 e. The second-order valence-corrected chi connectivity index (χ2v) is 11.9. The van der Waals surface area contributed by atoms with Crippen LogP contribution in [0.4, 0.5) is 5.69 Å². The van der Waals surface area contributed by atoms with Crippen molar-refractivity contribution < 1.29 is 9.59 Å². The zero-order chi connectivity index (χ0) is 24.7. The van der Waals surface area contributed by atoms with Crippen LogP contribution in [-0.2, 0) is 18.5 Å². The van der Waals surface area contributed by atoms with Crippen LogP contribution in [0.2, 0.25) is 9.36 Å². The number of carbonyl (C=O) groups is 2. The predicted octanol–water partition coefficient (Wildman–Crippen LogP) is 6.45. The van der Waals surface area contributed by atoms with Crippen molar-refractivity contribution in [2.75, 3.05) is 26.0 Å². The molecule has 182 valence electrons. The molecule has 2 aliphatic rings. The first-order valence-corrected chi connectivity index (χ1v) is 13.2. The zero-order valence-corrected chi connectivity index (χ0v) is 22.1. The number of rotatable bonds is 8. The highest BCUT2D eigenvalue weighted by atomic mass is 35.5. The smallest absolute Gasteiger partial charge is 0.265 e. The Morgan fingerprint density at radius 3 is 2.49 bits per heavy atom. The van der Waals surface area contributed by atoms with Gasteiger partial charge in [-0.15, -0.1) is 11.3 Å². The fourth-order valence-corrected chi connectivity index (χ4v) is 5.96. The van der Waals surface area contributed by atoms with Crippen LogP contribution >= 0.6 is 34.5 Å². The Kier molecular flexibility index (Phi) is 6.66. The van der Waals surface area contributed by atoms with Crippen molar-refractivity contribution in [1.29, 1.82) is 0 Å². The van der Waals surface area contributed by atoms with Gasteiger partial charge in [0.1, 0.15) is 0 Å². The fraction of sp³-hybridized carbons (Fsp3) is 0.333. The molecule has 2 heterocycles. The summed E-state index contributed by atoms with van der Waals surface area (Å²) in [6.07, 6.45) is 3.66. The summed E-state index contributed by atoms with van der Waals surface area (Å²) >= 11 is 13.5. The molecule has 3 aromatic rings. The van der Waals surface area contributed by atoms with E-state index in [9.17, 15) is 9.59 Å². The van der Waals surface area contributed by atoms with Crippen LogP contribution in [0.1, 0.15) is 56.0 Å². The quantitative estimate of drug-likeness (QED) is 0.366. The highest BCUT2D eigenvalue weighted by Gasteiger charge is 2.43. The van der Waals surface area contributed by atoms with Crippen molar-refractivity contribution in [2.24, 2.45) is 0 Å². The van der Waals surface area contributed by atoms with Gasteiger partial charge in [-0.25, -0.2) is 0 Å². The van der Waals surface area contributed by atoms with E-state index in [1.165, 1.54) is 36.2 Å². The summed E-state index contributed by atoms with van der Waals surface area (Å²) in [6.45, 7) is 2.05. The topological polar surface area (TPSA) is 52.6 Å². The minimum atomic E-state index is -0.309. The van der Waals surface area contributed by atoms with Gasteiger partial charge in [-0.05, 0) is 86.3 Å². The zero-order valence-electron chi connectivity index (χ0n) is 19.7. The molecule has 1 aliphatic carbocycles. The molecule has 0 radical (unpaired) electrons. The lowest BCUT2D eigenvalue weighted by Crippen LogP contribution is -2.24. The van der Waals surface area contributed by atoms with Crippen molar-refractivity contribution >= 4 is 52.0 Å². The number of thiophene rings is 1. The Bertz CT molecular complexity index is 1280. The van der Waals surface area contributed by atoms with Gasteiger partial charge in [0.05, 0.1) is 20.5 Å². The Hall–Kier alpha value is -2.38. The molecular weight excluding hydrogens is 501 g/mol. The van der Waals surface area contributed by atoms with E-state index >= 15 is 0 Å². The lowest BCUT2D eigenvalue weighted by Gasteiger charge is -2.20. The summed E-state index contributed by atoms with van der Waals surface area (Å²) in [6, 6.07) is 15.5. The third kappa shape index (κ3) is 5.12. The van der Waals surface area contributed by atoms with E-state index in [-0.39, 0.29) is 11.8 Å². The van der Waals surface area contributed by atoms with Crippen molar-refractivity contribution in [2.45, 2.75) is 37.8 Å². The summed E-state index contributed by atoms with van der Waals surface area (Å²) < 4.78 is 0.532. The molecule has 1 aromatic heterocycles. The van der Waals surface area contributed by atoms with E-state index in [0.717, 1.165) is 17.7 Å². The van der Waals surface area contributed by atoms with Gasteiger partial charge in [-0.3, -0.25) is 9.59 Å². The Labute approximate surface area is 219 Å². The minimum Gasteiger partial charge on any atom is -0.330 e. The molecule has 1 fully saturated rings. The van der Waals surface area contributed by atoms with Crippen LogP contribution in [0, 0.1) is 0 Å². The van der Waals surface area contributed by atoms with Gasteiger partial charge in [-0.1, -0.05) is 47.5 Å². The van der Waals surface area contributed by atoms with E-state index in [1.807, 2.05) is 0 Å². The van der Waals surface area contributed by atoms with Crippen molar-refractivity contribution in [3.63, 3.8) is 0 Å². The summed E-state index contributed by atoms with van der Waals surface area (Å²) in [4.78, 5) is 30.6. The monoisotopic (exact) mass is 527 g/mol.